The van der Waals surface area contributed by atoms with Crippen LogP contribution in [0, 0.1) is 13.8 Å². The second-order valence-electron chi connectivity index (χ2n) is 3.31. The van der Waals surface area contributed by atoms with Gasteiger partial charge in [-0.05, 0) is 6.92 Å². The molecule has 3 N–H and O–H groups in total. The molecule has 0 radical (unpaired) electrons. The standard InChI is InChI=1S/C9H12N6O/c1-5-12-7(10)3-8(13-5)11-4-9-14-6(2)16-15-9/h3H,4H2,1-2H3,(H3,10,11,12,13). The van der Waals surface area contributed by atoms with E-state index < -0.39 is 0 Å². The molecule has 2 heterocycles. The van der Waals surface area contributed by atoms with Crippen LogP contribution in [-0.4, -0.2) is 20.1 Å². The van der Waals surface area contributed by atoms with Gasteiger partial charge in [-0.3, -0.25) is 0 Å². The third-order valence-electron chi connectivity index (χ3n) is 1.86. The van der Waals surface area contributed by atoms with Gasteiger partial charge in [0.15, 0.2) is 5.82 Å². The first-order chi connectivity index (χ1) is 7.63. The zero-order valence-electron chi connectivity index (χ0n) is 9.06. The zero-order chi connectivity index (χ0) is 11.5. The lowest BCUT2D eigenvalue weighted by atomic mass is 10.5. The van der Waals surface area contributed by atoms with Gasteiger partial charge in [0.2, 0.25) is 5.89 Å². The Morgan fingerprint density at radius 2 is 2.12 bits per heavy atom. The summed E-state index contributed by atoms with van der Waals surface area (Å²) in [5.41, 5.74) is 5.59. The van der Waals surface area contributed by atoms with E-state index in [1.807, 2.05) is 0 Å². The van der Waals surface area contributed by atoms with Gasteiger partial charge in [-0.25, -0.2) is 9.97 Å². The number of nitrogens with one attached hydrogen (secondary N) is 1. The molecule has 0 unspecified atom stereocenters. The van der Waals surface area contributed by atoms with Crippen molar-refractivity contribution in [1.82, 2.24) is 20.1 Å². The van der Waals surface area contributed by atoms with Crippen molar-refractivity contribution in [1.29, 1.82) is 0 Å². The van der Waals surface area contributed by atoms with Crippen LogP contribution in [0.4, 0.5) is 11.6 Å². The van der Waals surface area contributed by atoms with Crippen LogP contribution in [0.2, 0.25) is 0 Å². The molecule has 0 fully saturated rings. The summed E-state index contributed by atoms with van der Waals surface area (Å²) < 4.78 is 4.84. The highest BCUT2D eigenvalue weighted by atomic mass is 16.5. The molecule has 0 aliphatic heterocycles. The Morgan fingerprint density at radius 1 is 1.31 bits per heavy atom. The van der Waals surface area contributed by atoms with E-state index in [4.69, 9.17) is 10.3 Å². The van der Waals surface area contributed by atoms with Gasteiger partial charge in [-0.1, -0.05) is 5.16 Å². The van der Waals surface area contributed by atoms with Crippen LogP contribution in [0.25, 0.3) is 0 Å². The van der Waals surface area contributed by atoms with Crippen LogP contribution in [0.15, 0.2) is 10.6 Å². The SMILES string of the molecule is Cc1nc(N)cc(NCc2noc(C)n2)n1. The average Bonchev–Trinajstić information content (AvgIpc) is 2.60. The molecular formula is C9H12N6O. The zero-order valence-corrected chi connectivity index (χ0v) is 9.06. The summed E-state index contributed by atoms with van der Waals surface area (Å²) in [6, 6.07) is 1.65. The van der Waals surface area contributed by atoms with Crippen molar-refractivity contribution >= 4 is 11.6 Å². The minimum Gasteiger partial charge on any atom is -0.384 e. The number of hydrogen-bond acceptors (Lipinski definition) is 7. The third kappa shape index (κ3) is 2.44. The van der Waals surface area contributed by atoms with Gasteiger partial charge in [0.25, 0.3) is 0 Å². The number of nitrogen functional groups attached to an aromatic ring is 1. The summed E-state index contributed by atoms with van der Waals surface area (Å²) in [4.78, 5) is 12.2. The second kappa shape index (κ2) is 4.13. The molecule has 2 aromatic heterocycles. The van der Waals surface area contributed by atoms with Crippen molar-refractivity contribution in [2.45, 2.75) is 20.4 Å². The maximum Gasteiger partial charge on any atom is 0.223 e. The predicted molar refractivity (Wildman–Crippen MR) is 57.5 cm³/mol. The Kier molecular flexibility index (Phi) is 2.67. The Morgan fingerprint density at radius 3 is 2.75 bits per heavy atom. The van der Waals surface area contributed by atoms with E-state index in [9.17, 15) is 0 Å². The minimum atomic E-state index is 0.430. The van der Waals surface area contributed by atoms with Crippen molar-refractivity contribution in [2.75, 3.05) is 11.1 Å². The average molecular weight is 220 g/mol. The maximum atomic E-state index is 5.59. The van der Waals surface area contributed by atoms with Crippen molar-refractivity contribution in [3.8, 4) is 0 Å². The van der Waals surface area contributed by atoms with Crippen molar-refractivity contribution in [3.05, 3.63) is 23.6 Å². The molecule has 7 heteroatoms. The van der Waals surface area contributed by atoms with Crippen LogP contribution in [0.5, 0.6) is 0 Å². The second-order valence-corrected chi connectivity index (χ2v) is 3.31. The van der Waals surface area contributed by atoms with E-state index >= 15 is 0 Å². The Bertz CT molecular complexity index is 474. The highest BCUT2D eigenvalue weighted by Crippen LogP contribution is 2.08. The van der Waals surface area contributed by atoms with Crippen molar-refractivity contribution in [2.24, 2.45) is 0 Å². The topological polar surface area (TPSA) is 103 Å². The number of rotatable bonds is 3. The fraction of sp³-hybridized carbons (Fsp3) is 0.333. The number of aryl methyl sites for hydroxylation is 2. The molecule has 0 atom stereocenters. The van der Waals surface area contributed by atoms with Crippen LogP contribution in [-0.2, 0) is 6.54 Å². The molecule has 0 saturated heterocycles. The summed E-state index contributed by atoms with van der Waals surface area (Å²) in [6.45, 7) is 3.95. The molecule has 0 aliphatic carbocycles. The minimum absolute atomic E-state index is 0.430. The molecule has 0 aromatic carbocycles. The van der Waals surface area contributed by atoms with E-state index in [1.165, 1.54) is 0 Å². The molecule has 2 aromatic rings. The lowest BCUT2D eigenvalue weighted by molar-refractivity contribution is 0.388. The van der Waals surface area contributed by atoms with Gasteiger partial charge < -0.3 is 15.6 Å². The molecule has 7 nitrogen and oxygen atoms in total. The summed E-state index contributed by atoms with van der Waals surface area (Å²) in [7, 11) is 0. The number of nitrogens with zero attached hydrogens (tertiary/aromatic N) is 4. The molecular weight excluding hydrogens is 208 g/mol. The predicted octanol–water partition coefficient (Wildman–Crippen LogP) is 0.671. The van der Waals surface area contributed by atoms with E-state index in [2.05, 4.69) is 25.4 Å². The van der Waals surface area contributed by atoms with Crippen LogP contribution < -0.4 is 11.1 Å². The highest BCUT2D eigenvalue weighted by molar-refractivity contribution is 5.44. The van der Waals surface area contributed by atoms with E-state index in [0.717, 1.165) is 0 Å². The molecule has 2 rings (SSSR count). The highest BCUT2D eigenvalue weighted by Gasteiger charge is 2.03. The maximum absolute atomic E-state index is 5.59. The molecule has 0 amide bonds. The first kappa shape index (κ1) is 10.3. The summed E-state index contributed by atoms with van der Waals surface area (Å²) >= 11 is 0. The van der Waals surface area contributed by atoms with Crippen molar-refractivity contribution in [3.63, 3.8) is 0 Å². The van der Waals surface area contributed by atoms with Gasteiger partial charge in [0, 0.05) is 13.0 Å². The van der Waals surface area contributed by atoms with Gasteiger partial charge in [-0.2, -0.15) is 4.98 Å². The molecule has 0 saturated carbocycles. The number of nitrogens with two attached hydrogens (primary N) is 1. The lowest BCUT2D eigenvalue weighted by Crippen LogP contribution is -2.05. The monoisotopic (exact) mass is 220 g/mol. The van der Waals surface area contributed by atoms with E-state index in [-0.39, 0.29) is 0 Å². The summed E-state index contributed by atoms with van der Waals surface area (Å²) in [5, 5.41) is 6.79. The Balaban J connectivity index is 2.04. The Hall–Kier alpha value is -2.18. The fourth-order valence-corrected chi connectivity index (χ4v) is 1.26. The molecule has 0 aliphatic rings. The lowest BCUT2D eigenvalue weighted by Gasteiger charge is -2.04. The first-order valence-electron chi connectivity index (χ1n) is 4.78. The van der Waals surface area contributed by atoms with Crippen LogP contribution in [0.3, 0.4) is 0 Å². The van der Waals surface area contributed by atoms with Gasteiger partial charge in [0.1, 0.15) is 17.5 Å². The third-order valence-corrected chi connectivity index (χ3v) is 1.86. The number of anilines is 2. The van der Waals surface area contributed by atoms with Gasteiger partial charge in [0.05, 0.1) is 6.54 Å². The smallest absolute Gasteiger partial charge is 0.223 e. The van der Waals surface area contributed by atoms with E-state index in [1.54, 1.807) is 19.9 Å². The van der Waals surface area contributed by atoms with Crippen LogP contribution in [0.1, 0.15) is 17.5 Å². The molecule has 16 heavy (non-hydrogen) atoms. The van der Waals surface area contributed by atoms with Gasteiger partial charge in [-0.15, -0.1) is 0 Å². The molecule has 0 bridgehead atoms. The quantitative estimate of drug-likeness (QED) is 0.783. The number of hydrogen-bond donors (Lipinski definition) is 2. The first-order valence-corrected chi connectivity index (χ1v) is 4.78. The van der Waals surface area contributed by atoms with E-state index in [0.29, 0.717) is 35.7 Å². The van der Waals surface area contributed by atoms with Crippen molar-refractivity contribution < 1.29 is 4.52 Å². The normalized spacial score (nSPS) is 10.4. The fourth-order valence-electron chi connectivity index (χ4n) is 1.26. The summed E-state index contributed by atoms with van der Waals surface area (Å²) in [6.07, 6.45) is 0. The number of aromatic nitrogens is 4. The van der Waals surface area contributed by atoms with Crippen LogP contribution >= 0.6 is 0 Å². The van der Waals surface area contributed by atoms with Gasteiger partial charge >= 0.3 is 0 Å². The molecule has 0 spiro atoms. The Labute approximate surface area is 92.1 Å². The molecule has 84 valence electrons. The largest absolute Gasteiger partial charge is 0.384 e. The summed E-state index contributed by atoms with van der Waals surface area (Å²) in [5.74, 6) is 2.81.